The topological polar surface area (TPSA) is 74.7 Å². The summed E-state index contributed by atoms with van der Waals surface area (Å²) < 4.78 is 12.4. The van der Waals surface area contributed by atoms with Crippen LogP contribution in [-0.4, -0.2) is 29.6 Å². The average Bonchev–Trinajstić information content (AvgIpc) is 2.81. The number of nitrogen functional groups attached to an aromatic ring is 1. The first kappa shape index (κ1) is 16.2. The Labute approximate surface area is 134 Å². The van der Waals surface area contributed by atoms with Crippen LogP contribution in [0.2, 0.25) is 5.02 Å². The molecule has 0 fully saturated rings. The van der Waals surface area contributed by atoms with E-state index in [1.165, 1.54) is 4.68 Å². The summed E-state index contributed by atoms with van der Waals surface area (Å²) in [4.78, 5) is 4.08. The van der Waals surface area contributed by atoms with Crippen molar-refractivity contribution >= 4 is 23.8 Å². The number of imidazole rings is 1. The molecule has 22 heavy (non-hydrogen) atoms. The molecule has 7 heteroatoms. The number of ether oxygens (including phenoxy) is 2. The highest BCUT2D eigenvalue weighted by Crippen LogP contribution is 2.36. The minimum atomic E-state index is 0.328. The highest BCUT2D eigenvalue weighted by atomic mass is 35.5. The molecule has 0 spiro atoms. The molecule has 0 radical (unpaired) electrons. The van der Waals surface area contributed by atoms with Crippen molar-refractivity contribution < 1.29 is 9.47 Å². The van der Waals surface area contributed by atoms with Crippen molar-refractivity contribution in [3.63, 3.8) is 0 Å². The Morgan fingerprint density at radius 2 is 2.23 bits per heavy atom. The molecule has 6 nitrogen and oxygen atoms in total. The molecule has 0 unspecified atom stereocenters. The van der Waals surface area contributed by atoms with Crippen molar-refractivity contribution in [2.75, 3.05) is 19.5 Å². The van der Waals surface area contributed by atoms with E-state index in [2.05, 4.69) is 10.1 Å². The molecule has 1 aromatic carbocycles. The van der Waals surface area contributed by atoms with E-state index in [0.717, 1.165) is 17.7 Å². The summed E-state index contributed by atoms with van der Waals surface area (Å²) in [5, 5.41) is 4.73. The van der Waals surface area contributed by atoms with Crippen LogP contribution in [0.4, 0.5) is 5.95 Å². The number of hydrogen-bond donors (Lipinski definition) is 1. The molecule has 0 aliphatic rings. The number of nitrogens with zero attached hydrogens (tertiary/aromatic N) is 3. The lowest BCUT2D eigenvalue weighted by Crippen LogP contribution is -2.00. The van der Waals surface area contributed by atoms with E-state index in [1.54, 1.807) is 31.7 Å². The zero-order valence-corrected chi connectivity index (χ0v) is 13.6. The maximum atomic E-state index is 6.26. The fourth-order valence-corrected chi connectivity index (χ4v) is 2.16. The molecule has 2 aromatic rings. The van der Waals surface area contributed by atoms with Gasteiger partial charge in [-0.3, -0.25) is 0 Å². The minimum absolute atomic E-state index is 0.328. The van der Waals surface area contributed by atoms with Gasteiger partial charge in [-0.05, 0) is 31.0 Å². The maximum Gasteiger partial charge on any atom is 0.221 e. The van der Waals surface area contributed by atoms with Crippen LogP contribution in [0.1, 0.15) is 24.6 Å². The van der Waals surface area contributed by atoms with E-state index >= 15 is 0 Å². The summed E-state index contributed by atoms with van der Waals surface area (Å²) in [6, 6.07) is 3.57. The number of aryl methyl sites for hydroxylation is 1. The fraction of sp³-hybridized carbons (Fsp3) is 0.333. The van der Waals surface area contributed by atoms with Crippen LogP contribution in [0.3, 0.4) is 0 Å². The first-order chi connectivity index (χ1) is 10.5. The van der Waals surface area contributed by atoms with Gasteiger partial charge in [0.15, 0.2) is 11.5 Å². The van der Waals surface area contributed by atoms with Crippen molar-refractivity contribution in [2.45, 2.75) is 20.3 Å². The zero-order chi connectivity index (χ0) is 16.1. The van der Waals surface area contributed by atoms with Crippen LogP contribution in [-0.2, 0) is 0 Å². The molecule has 0 amide bonds. The van der Waals surface area contributed by atoms with Gasteiger partial charge in [0.1, 0.15) is 0 Å². The Kier molecular flexibility index (Phi) is 5.27. The number of aromatic nitrogens is 2. The molecule has 1 aromatic heterocycles. The van der Waals surface area contributed by atoms with E-state index < -0.39 is 0 Å². The highest BCUT2D eigenvalue weighted by Gasteiger charge is 2.11. The summed E-state index contributed by atoms with van der Waals surface area (Å²) in [5.74, 6) is 1.44. The van der Waals surface area contributed by atoms with Gasteiger partial charge in [-0.25, -0.2) is 9.66 Å². The molecule has 0 saturated heterocycles. The number of rotatable bonds is 6. The van der Waals surface area contributed by atoms with Gasteiger partial charge in [0.2, 0.25) is 5.95 Å². The van der Waals surface area contributed by atoms with Crippen molar-refractivity contribution in [3.05, 3.63) is 34.6 Å². The largest absolute Gasteiger partial charge is 0.493 e. The first-order valence-corrected chi connectivity index (χ1v) is 7.29. The SMILES string of the molecule is CCCOc1c(Cl)cc(C=Nn2cc(C)nc2N)cc1OC. The molecular formula is C15H19ClN4O2. The Bertz CT molecular complexity index is 682. The van der Waals surface area contributed by atoms with Gasteiger partial charge in [-0.1, -0.05) is 18.5 Å². The second-order valence-electron chi connectivity index (χ2n) is 4.71. The maximum absolute atomic E-state index is 6.26. The summed E-state index contributed by atoms with van der Waals surface area (Å²) in [6.07, 6.45) is 4.26. The predicted molar refractivity (Wildman–Crippen MR) is 88.2 cm³/mol. The fourth-order valence-electron chi connectivity index (χ4n) is 1.88. The summed E-state index contributed by atoms with van der Waals surface area (Å²) in [7, 11) is 1.57. The predicted octanol–water partition coefficient (Wildman–Crippen LogP) is 3.11. The molecule has 2 N–H and O–H groups in total. The average molecular weight is 323 g/mol. The third-order valence-electron chi connectivity index (χ3n) is 2.87. The number of anilines is 1. The van der Waals surface area contributed by atoms with E-state index in [1.807, 2.05) is 13.8 Å². The Balaban J connectivity index is 2.28. The van der Waals surface area contributed by atoms with Gasteiger partial charge in [0.05, 0.1) is 36.8 Å². The monoisotopic (exact) mass is 322 g/mol. The number of methoxy groups -OCH3 is 1. The molecule has 0 aliphatic carbocycles. The van der Waals surface area contributed by atoms with E-state index in [4.69, 9.17) is 26.8 Å². The lowest BCUT2D eigenvalue weighted by Gasteiger charge is -2.12. The molecule has 2 rings (SSSR count). The van der Waals surface area contributed by atoms with Crippen LogP contribution in [0.5, 0.6) is 11.5 Å². The molecule has 0 atom stereocenters. The van der Waals surface area contributed by atoms with Gasteiger partial charge >= 0.3 is 0 Å². The Hall–Kier alpha value is -2.21. The quantitative estimate of drug-likeness (QED) is 0.829. The standard InChI is InChI=1S/C15H19ClN4O2/c1-4-5-22-14-12(16)6-11(7-13(14)21-3)8-18-20-9-10(2)19-15(20)17/h6-9H,4-5H2,1-3H3,(H2,17,19). The second-order valence-corrected chi connectivity index (χ2v) is 5.12. The minimum Gasteiger partial charge on any atom is -0.493 e. The molecule has 0 aliphatic heterocycles. The van der Waals surface area contributed by atoms with Gasteiger partial charge < -0.3 is 15.2 Å². The summed E-state index contributed by atoms with van der Waals surface area (Å²) in [5.41, 5.74) is 7.31. The first-order valence-electron chi connectivity index (χ1n) is 6.91. The Morgan fingerprint density at radius 1 is 1.45 bits per heavy atom. The van der Waals surface area contributed by atoms with Crippen LogP contribution in [0, 0.1) is 6.92 Å². The lowest BCUT2D eigenvalue weighted by molar-refractivity contribution is 0.294. The van der Waals surface area contributed by atoms with Gasteiger partial charge in [0, 0.05) is 0 Å². The van der Waals surface area contributed by atoms with Gasteiger partial charge in [-0.2, -0.15) is 5.10 Å². The molecule has 0 saturated carbocycles. The molecule has 118 valence electrons. The summed E-state index contributed by atoms with van der Waals surface area (Å²) in [6.45, 7) is 4.45. The molecular weight excluding hydrogens is 304 g/mol. The third kappa shape index (κ3) is 3.71. The summed E-state index contributed by atoms with van der Waals surface area (Å²) >= 11 is 6.26. The van der Waals surface area contributed by atoms with Crippen LogP contribution in [0.25, 0.3) is 0 Å². The van der Waals surface area contributed by atoms with E-state index in [0.29, 0.717) is 29.1 Å². The lowest BCUT2D eigenvalue weighted by atomic mass is 10.2. The third-order valence-corrected chi connectivity index (χ3v) is 3.15. The van der Waals surface area contributed by atoms with E-state index in [-0.39, 0.29) is 0 Å². The van der Waals surface area contributed by atoms with Crippen molar-refractivity contribution in [1.29, 1.82) is 0 Å². The normalized spacial score (nSPS) is 11.1. The van der Waals surface area contributed by atoms with Crippen molar-refractivity contribution in [1.82, 2.24) is 9.66 Å². The zero-order valence-electron chi connectivity index (χ0n) is 12.8. The number of benzene rings is 1. The van der Waals surface area contributed by atoms with E-state index in [9.17, 15) is 0 Å². The number of halogens is 1. The van der Waals surface area contributed by atoms with Crippen molar-refractivity contribution in [2.24, 2.45) is 5.10 Å². The van der Waals surface area contributed by atoms with Gasteiger partial charge in [-0.15, -0.1) is 0 Å². The smallest absolute Gasteiger partial charge is 0.221 e. The van der Waals surface area contributed by atoms with Gasteiger partial charge in [0.25, 0.3) is 0 Å². The number of hydrogen-bond acceptors (Lipinski definition) is 5. The highest BCUT2D eigenvalue weighted by molar-refractivity contribution is 6.32. The number of nitrogens with two attached hydrogens (primary N) is 1. The van der Waals surface area contributed by atoms with Crippen LogP contribution in [0.15, 0.2) is 23.4 Å². The van der Waals surface area contributed by atoms with Crippen molar-refractivity contribution in [3.8, 4) is 11.5 Å². The Morgan fingerprint density at radius 3 is 2.82 bits per heavy atom. The van der Waals surface area contributed by atoms with Crippen LogP contribution < -0.4 is 15.2 Å². The molecule has 1 heterocycles. The second kappa shape index (κ2) is 7.17. The molecule has 0 bridgehead atoms. The van der Waals surface area contributed by atoms with Crippen LogP contribution >= 0.6 is 11.6 Å².